The molecule has 0 amide bonds. The lowest BCUT2D eigenvalue weighted by Crippen LogP contribution is -2.37. The molecule has 0 aromatic heterocycles. The highest BCUT2D eigenvalue weighted by Crippen LogP contribution is 2.13. The fraction of sp³-hybridized carbons (Fsp3) is 0.500. The third kappa shape index (κ3) is 3.63. The van der Waals surface area contributed by atoms with E-state index in [4.69, 9.17) is 10.2 Å². The SMILES string of the molecule is Cc1ccc([C@@H](C)NC(CO)CO)cc1. The van der Waals surface area contributed by atoms with Crippen molar-refractivity contribution in [2.45, 2.75) is 25.9 Å². The van der Waals surface area contributed by atoms with Gasteiger partial charge in [0.1, 0.15) is 0 Å². The molecule has 0 spiro atoms. The van der Waals surface area contributed by atoms with E-state index < -0.39 is 0 Å². The van der Waals surface area contributed by atoms with Gasteiger partial charge in [0.15, 0.2) is 0 Å². The second kappa shape index (κ2) is 5.85. The maximum absolute atomic E-state index is 8.94. The van der Waals surface area contributed by atoms with Crippen molar-refractivity contribution >= 4 is 0 Å². The minimum absolute atomic E-state index is 0.0489. The van der Waals surface area contributed by atoms with Crippen molar-refractivity contribution < 1.29 is 10.2 Å². The van der Waals surface area contributed by atoms with Crippen LogP contribution >= 0.6 is 0 Å². The zero-order chi connectivity index (χ0) is 11.3. The van der Waals surface area contributed by atoms with Crippen LogP contribution in [0.2, 0.25) is 0 Å². The molecule has 0 bridgehead atoms. The zero-order valence-corrected chi connectivity index (χ0v) is 9.27. The Labute approximate surface area is 90.8 Å². The minimum Gasteiger partial charge on any atom is -0.395 e. The van der Waals surface area contributed by atoms with Crippen LogP contribution in [0.25, 0.3) is 0 Å². The largest absolute Gasteiger partial charge is 0.395 e. The number of rotatable bonds is 5. The lowest BCUT2D eigenvalue weighted by atomic mass is 10.1. The fourth-order valence-electron chi connectivity index (χ4n) is 1.47. The van der Waals surface area contributed by atoms with E-state index in [0.29, 0.717) is 0 Å². The maximum Gasteiger partial charge on any atom is 0.0607 e. The first-order valence-electron chi connectivity index (χ1n) is 5.21. The van der Waals surface area contributed by atoms with E-state index in [1.54, 1.807) is 0 Å². The van der Waals surface area contributed by atoms with Crippen molar-refractivity contribution in [2.24, 2.45) is 0 Å². The molecule has 3 N–H and O–H groups in total. The van der Waals surface area contributed by atoms with Gasteiger partial charge in [-0.3, -0.25) is 0 Å². The van der Waals surface area contributed by atoms with Gasteiger partial charge in [0, 0.05) is 6.04 Å². The number of hydrogen-bond acceptors (Lipinski definition) is 3. The average molecular weight is 209 g/mol. The van der Waals surface area contributed by atoms with Crippen LogP contribution in [0.3, 0.4) is 0 Å². The van der Waals surface area contributed by atoms with Gasteiger partial charge in [0.05, 0.1) is 19.3 Å². The molecule has 0 fully saturated rings. The molecule has 1 atom stereocenters. The summed E-state index contributed by atoms with van der Waals surface area (Å²) >= 11 is 0. The highest BCUT2D eigenvalue weighted by atomic mass is 16.3. The van der Waals surface area contributed by atoms with Gasteiger partial charge in [-0.25, -0.2) is 0 Å². The van der Waals surface area contributed by atoms with Crippen molar-refractivity contribution in [1.82, 2.24) is 5.32 Å². The quantitative estimate of drug-likeness (QED) is 0.678. The molecule has 0 aliphatic rings. The smallest absolute Gasteiger partial charge is 0.0607 e. The predicted molar refractivity (Wildman–Crippen MR) is 60.7 cm³/mol. The summed E-state index contributed by atoms with van der Waals surface area (Å²) in [5.41, 5.74) is 2.39. The number of benzene rings is 1. The van der Waals surface area contributed by atoms with E-state index in [1.807, 2.05) is 13.8 Å². The minimum atomic E-state index is -0.249. The Kier molecular flexibility index (Phi) is 4.75. The highest BCUT2D eigenvalue weighted by Gasteiger charge is 2.10. The number of hydrogen-bond donors (Lipinski definition) is 3. The molecule has 1 rings (SSSR count). The van der Waals surface area contributed by atoms with Crippen LogP contribution in [0.4, 0.5) is 0 Å². The highest BCUT2D eigenvalue weighted by molar-refractivity contribution is 5.23. The lowest BCUT2D eigenvalue weighted by Gasteiger charge is -2.20. The monoisotopic (exact) mass is 209 g/mol. The average Bonchev–Trinajstić information content (AvgIpc) is 2.26. The molecular formula is C12H19NO2. The molecule has 0 aliphatic carbocycles. The number of aliphatic hydroxyl groups excluding tert-OH is 2. The van der Waals surface area contributed by atoms with Crippen LogP contribution in [0.5, 0.6) is 0 Å². The van der Waals surface area contributed by atoms with Gasteiger partial charge in [-0.1, -0.05) is 29.8 Å². The van der Waals surface area contributed by atoms with E-state index in [2.05, 4.69) is 29.6 Å². The molecule has 15 heavy (non-hydrogen) atoms. The van der Waals surface area contributed by atoms with Gasteiger partial charge in [-0.2, -0.15) is 0 Å². The van der Waals surface area contributed by atoms with Gasteiger partial charge in [-0.05, 0) is 19.4 Å². The summed E-state index contributed by atoms with van der Waals surface area (Å²) in [5, 5.41) is 21.0. The van der Waals surface area contributed by atoms with Crippen molar-refractivity contribution in [1.29, 1.82) is 0 Å². The summed E-state index contributed by atoms with van der Waals surface area (Å²) in [6, 6.07) is 8.11. The zero-order valence-electron chi connectivity index (χ0n) is 9.27. The van der Waals surface area contributed by atoms with Crippen molar-refractivity contribution in [3.05, 3.63) is 35.4 Å². The molecule has 0 unspecified atom stereocenters. The molecule has 0 aliphatic heterocycles. The molecule has 1 aromatic carbocycles. The van der Waals surface area contributed by atoms with Crippen molar-refractivity contribution in [3.8, 4) is 0 Å². The molecule has 0 saturated carbocycles. The van der Waals surface area contributed by atoms with E-state index in [1.165, 1.54) is 5.56 Å². The Morgan fingerprint density at radius 1 is 1.13 bits per heavy atom. The van der Waals surface area contributed by atoms with Crippen LogP contribution in [-0.2, 0) is 0 Å². The van der Waals surface area contributed by atoms with Gasteiger partial charge < -0.3 is 15.5 Å². The summed E-state index contributed by atoms with van der Waals surface area (Å²) in [7, 11) is 0. The Balaban J connectivity index is 2.60. The summed E-state index contributed by atoms with van der Waals surface area (Å²) in [4.78, 5) is 0. The first kappa shape index (κ1) is 12.2. The Bertz CT molecular complexity index is 280. The summed E-state index contributed by atoms with van der Waals surface area (Å²) in [6.45, 7) is 3.97. The second-order valence-corrected chi connectivity index (χ2v) is 3.86. The fourth-order valence-corrected chi connectivity index (χ4v) is 1.47. The summed E-state index contributed by atoms with van der Waals surface area (Å²) in [6.07, 6.45) is 0. The van der Waals surface area contributed by atoms with E-state index >= 15 is 0 Å². The normalized spacial score (nSPS) is 13.1. The molecule has 0 radical (unpaired) electrons. The first-order chi connectivity index (χ1) is 7.17. The van der Waals surface area contributed by atoms with Crippen LogP contribution in [0, 0.1) is 6.92 Å². The molecule has 84 valence electrons. The van der Waals surface area contributed by atoms with E-state index in [0.717, 1.165) is 5.56 Å². The van der Waals surface area contributed by atoms with Crippen molar-refractivity contribution in [2.75, 3.05) is 13.2 Å². The van der Waals surface area contributed by atoms with Gasteiger partial charge in [0.2, 0.25) is 0 Å². The molecule has 1 aromatic rings. The van der Waals surface area contributed by atoms with Crippen LogP contribution in [0.1, 0.15) is 24.1 Å². The topological polar surface area (TPSA) is 52.5 Å². The van der Waals surface area contributed by atoms with Crippen LogP contribution in [-0.4, -0.2) is 29.5 Å². The standard InChI is InChI=1S/C12H19NO2/c1-9-3-5-11(6-4-9)10(2)13-12(7-14)8-15/h3-6,10,12-15H,7-8H2,1-2H3/t10-/m1/s1. The maximum atomic E-state index is 8.94. The third-order valence-corrected chi connectivity index (χ3v) is 2.50. The van der Waals surface area contributed by atoms with Crippen LogP contribution in [0.15, 0.2) is 24.3 Å². The Morgan fingerprint density at radius 2 is 1.67 bits per heavy atom. The van der Waals surface area contributed by atoms with E-state index in [-0.39, 0.29) is 25.3 Å². The molecule has 0 heterocycles. The first-order valence-corrected chi connectivity index (χ1v) is 5.21. The second-order valence-electron chi connectivity index (χ2n) is 3.86. The van der Waals surface area contributed by atoms with Gasteiger partial charge in [0.25, 0.3) is 0 Å². The summed E-state index contributed by atoms with van der Waals surface area (Å²) < 4.78 is 0. The molecule has 0 saturated heterocycles. The molecule has 3 heteroatoms. The molecule has 3 nitrogen and oxygen atoms in total. The number of aliphatic hydroxyl groups is 2. The van der Waals surface area contributed by atoms with Gasteiger partial charge >= 0.3 is 0 Å². The predicted octanol–water partition coefficient (Wildman–Crippen LogP) is 0.999. The molecular weight excluding hydrogens is 190 g/mol. The van der Waals surface area contributed by atoms with Crippen LogP contribution < -0.4 is 5.32 Å². The van der Waals surface area contributed by atoms with E-state index in [9.17, 15) is 0 Å². The summed E-state index contributed by atoms with van der Waals surface area (Å²) in [5.74, 6) is 0. The number of nitrogens with one attached hydrogen (secondary N) is 1. The van der Waals surface area contributed by atoms with Gasteiger partial charge in [-0.15, -0.1) is 0 Å². The third-order valence-electron chi connectivity index (χ3n) is 2.50. The Hall–Kier alpha value is -0.900. The Morgan fingerprint density at radius 3 is 2.13 bits per heavy atom. The number of aryl methyl sites for hydroxylation is 1. The lowest BCUT2D eigenvalue weighted by molar-refractivity contribution is 0.163. The van der Waals surface area contributed by atoms with Crippen molar-refractivity contribution in [3.63, 3.8) is 0 Å².